The highest BCUT2D eigenvalue weighted by molar-refractivity contribution is 5.69. The van der Waals surface area contributed by atoms with Gasteiger partial charge in [-0.05, 0) is 155 Å². The Labute approximate surface area is 265 Å². The summed E-state index contributed by atoms with van der Waals surface area (Å²) in [6, 6.07) is 0.656. The maximum absolute atomic E-state index is 8.16. The van der Waals surface area contributed by atoms with Crippen molar-refractivity contribution in [3.63, 3.8) is 0 Å². The van der Waals surface area contributed by atoms with Crippen LogP contribution in [0, 0.1) is 73.9 Å². The topological polar surface area (TPSA) is 24.8 Å². The molecule has 5 spiro atoms. The molecule has 3 nitrogen and oxygen atoms in total. The first kappa shape index (κ1) is 25.1. The molecule has 8 saturated carbocycles. The number of likely N-dealkylation sites (tertiary alicyclic amines) is 1. The van der Waals surface area contributed by atoms with Crippen LogP contribution < -0.4 is 0 Å². The lowest BCUT2D eigenvalue weighted by atomic mass is 9.38. The summed E-state index contributed by atoms with van der Waals surface area (Å²) in [5.74, 6) is 6.19. The van der Waals surface area contributed by atoms with Gasteiger partial charge in [-0.2, -0.15) is 0 Å². The highest BCUT2D eigenvalue weighted by atomic mass is 16.5. The zero-order chi connectivity index (χ0) is 28.9. The van der Waals surface area contributed by atoms with Gasteiger partial charge in [-0.25, -0.2) is 0 Å². The van der Waals surface area contributed by atoms with Crippen LogP contribution in [-0.2, 0) is 4.74 Å². The van der Waals surface area contributed by atoms with Crippen molar-refractivity contribution in [2.45, 2.75) is 128 Å². The van der Waals surface area contributed by atoms with E-state index in [4.69, 9.17) is 9.73 Å². The second-order valence-corrected chi connectivity index (χ2v) is 20.8. The summed E-state index contributed by atoms with van der Waals surface area (Å²) in [4.78, 5) is 8.27. The van der Waals surface area contributed by atoms with E-state index in [9.17, 15) is 0 Å². The molecule has 0 aromatic rings. The average molecular weight is 591 g/mol. The zero-order valence-corrected chi connectivity index (χ0v) is 27.7. The van der Waals surface area contributed by atoms with Crippen LogP contribution in [0.4, 0.5) is 0 Å². The van der Waals surface area contributed by atoms with E-state index in [1.54, 1.807) is 0 Å². The van der Waals surface area contributed by atoms with Crippen LogP contribution in [-0.4, -0.2) is 49.0 Å². The summed E-state index contributed by atoms with van der Waals surface area (Å²) in [6.07, 6.45) is 27.6. The third-order valence-electron chi connectivity index (χ3n) is 19.7. The predicted molar refractivity (Wildman–Crippen MR) is 172 cm³/mol. The van der Waals surface area contributed by atoms with Gasteiger partial charge in [0.2, 0.25) is 0 Å². The monoisotopic (exact) mass is 590 g/mol. The van der Waals surface area contributed by atoms with Crippen molar-refractivity contribution in [2.75, 3.05) is 20.1 Å². The number of fused-ring (bicyclic) bond motifs is 3. The zero-order valence-electron chi connectivity index (χ0n) is 27.7. The number of nitrogens with zero attached hydrogens (tertiary/aromatic N) is 2. The number of allylic oxidation sites excluding steroid dienone is 2. The smallest absolute Gasteiger partial charge is 0.0744 e. The van der Waals surface area contributed by atoms with E-state index in [2.05, 4.69) is 38.1 Å². The Hall–Kier alpha value is -0.930. The molecular weight excluding hydrogens is 536 g/mol. The molecule has 12 aliphatic carbocycles. The molecule has 12 bridgehead atoms. The maximum atomic E-state index is 8.16. The summed E-state index contributed by atoms with van der Waals surface area (Å²) >= 11 is 0. The van der Waals surface area contributed by atoms with Crippen molar-refractivity contribution in [3.8, 4) is 0 Å². The summed E-state index contributed by atoms with van der Waals surface area (Å²) in [5.41, 5.74) is 8.61. The number of hydrogen-bond acceptors (Lipinski definition) is 3. The van der Waals surface area contributed by atoms with Crippen LogP contribution in [0.5, 0.6) is 0 Å². The summed E-state index contributed by atoms with van der Waals surface area (Å²) < 4.78 is 8.16. The SMILES string of the molecule is CN1C[C@H]2CC3=C(CC[C@@]45C[C@H]6[C@@H](C=C34)[C@]63CC[C@]4(C[C@]67CC[C@@H]8[C@@]9%10CCC[C@]8(C)C=N[C@H]9[C@H]6C[C@H]4C[C@H]7%10)O[C@H]53)[C@](C)(C2)C1. The first-order valence-electron chi connectivity index (χ1n) is 19.6. The molecule has 10 fully saturated rings. The van der Waals surface area contributed by atoms with E-state index in [0.717, 1.165) is 41.4 Å². The minimum absolute atomic E-state index is 0.186. The summed E-state index contributed by atoms with van der Waals surface area (Å²) in [6.45, 7) is 7.83. The van der Waals surface area contributed by atoms with Crippen molar-refractivity contribution in [1.29, 1.82) is 0 Å². The predicted octanol–water partition coefficient (Wildman–Crippen LogP) is 8.00. The van der Waals surface area contributed by atoms with Gasteiger partial charge >= 0.3 is 0 Å². The van der Waals surface area contributed by atoms with Crippen molar-refractivity contribution in [3.05, 3.63) is 22.8 Å². The van der Waals surface area contributed by atoms with E-state index >= 15 is 0 Å². The molecular formula is C41H54N2O. The largest absolute Gasteiger partial charge is 0.370 e. The Morgan fingerprint density at radius 3 is 2.82 bits per heavy atom. The first-order valence-corrected chi connectivity index (χ1v) is 19.6. The second kappa shape index (κ2) is 6.95. The van der Waals surface area contributed by atoms with Crippen molar-refractivity contribution < 1.29 is 4.74 Å². The molecule has 0 N–H and O–H groups in total. The highest BCUT2D eigenvalue weighted by Crippen LogP contribution is 2.88. The molecule has 2 saturated heterocycles. The van der Waals surface area contributed by atoms with E-state index in [1.807, 2.05) is 16.7 Å². The molecule has 0 unspecified atom stereocenters. The van der Waals surface area contributed by atoms with Gasteiger partial charge in [-0.3, -0.25) is 4.99 Å². The lowest BCUT2D eigenvalue weighted by molar-refractivity contribution is -0.283. The summed E-state index contributed by atoms with van der Waals surface area (Å²) in [5, 5.41) is 0. The standard InChI is InChI=1S/C41H54N2O/c1-35-7-4-8-41-31(35)6-10-38-20-39(24(15-32(38)41)14-29(38)33(41)42-21-35)11-12-40-28-16-27-25-13-23-17-36(2,22-43(3)19-23)26(25)5-9-37(27,18-30(28)40)34(40)44-39/h16,21,23-24,28-34H,4-15,17-20,22H2,1-3H3/t23-,24-,28+,29+,30-,31-,32+,33-,34+,35+,36+,37+,38+,39+,40+,41+/m0/s1. The quantitative estimate of drug-likeness (QED) is 0.286. The molecule has 3 heteroatoms. The fourth-order valence-electron chi connectivity index (χ4n) is 19.0. The lowest BCUT2D eigenvalue weighted by Gasteiger charge is -2.69. The molecule has 0 amide bonds. The van der Waals surface area contributed by atoms with Gasteiger partial charge in [0, 0.05) is 46.4 Å². The summed E-state index contributed by atoms with van der Waals surface area (Å²) in [7, 11) is 2.38. The lowest BCUT2D eigenvalue weighted by Crippen LogP contribution is -2.66. The molecule has 0 aromatic carbocycles. The van der Waals surface area contributed by atoms with Gasteiger partial charge < -0.3 is 9.64 Å². The van der Waals surface area contributed by atoms with Gasteiger partial charge in [0.25, 0.3) is 0 Å². The number of aliphatic imine (C=N–C) groups is 1. The molecule has 15 rings (SSSR count). The minimum Gasteiger partial charge on any atom is -0.370 e. The van der Waals surface area contributed by atoms with Gasteiger partial charge in [-0.15, -0.1) is 0 Å². The van der Waals surface area contributed by atoms with Crippen LogP contribution in [0.3, 0.4) is 0 Å². The molecule has 3 aliphatic heterocycles. The van der Waals surface area contributed by atoms with Crippen LogP contribution in [0.15, 0.2) is 27.8 Å². The normalized spacial score (nSPS) is 67.4. The average Bonchev–Trinajstić information content (AvgIpc) is 3.52. The number of hydrogen-bond donors (Lipinski definition) is 0. The first-order chi connectivity index (χ1) is 21.2. The Morgan fingerprint density at radius 1 is 0.955 bits per heavy atom. The van der Waals surface area contributed by atoms with E-state index in [0.29, 0.717) is 44.6 Å². The van der Waals surface area contributed by atoms with Gasteiger partial charge in [0.15, 0.2) is 0 Å². The molecule has 3 heterocycles. The van der Waals surface area contributed by atoms with Crippen LogP contribution >= 0.6 is 0 Å². The van der Waals surface area contributed by atoms with Gasteiger partial charge in [0.1, 0.15) is 0 Å². The van der Waals surface area contributed by atoms with Crippen LogP contribution in [0.2, 0.25) is 0 Å². The van der Waals surface area contributed by atoms with Crippen molar-refractivity contribution >= 4 is 6.21 Å². The van der Waals surface area contributed by atoms with E-state index < -0.39 is 0 Å². The molecule has 0 aromatic heterocycles. The van der Waals surface area contributed by atoms with Crippen LogP contribution in [0.25, 0.3) is 0 Å². The number of rotatable bonds is 0. The van der Waals surface area contributed by atoms with Crippen molar-refractivity contribution in [1.82, 2.24) is 4.90 Å². The van der Waals surface area contributed by atoms with Gasteiger partial charge in [0.05, 0.1) is 17.7 Å². The third-order valence-corrected chi connectivity index (χ3v) is 19.7. The molecule has 234 valence electrons. The van der Waals surface area contributed by atoms with Crippen molar-refractivity contribution in [2.24, 2.45) is 78.9 Å². The Bertz CT molecular complexity index is 1560. The minimum atomic E-state index is 0.186. The fraction of sp³-hybridized carbons (Fsp3) is 0.878. The Balaban J connectivity index is 0.896. The number of ether oxygens (including phenoxy) is 1. The molecule has 44 heavy (non-hydrogen) atoms. The maximum Gasteiger partial charge on any atom is 0.0744 e. The highest BCUT2D eigenvalue weighted by Gasteiger charge is 2.86. The van der Waals surface area contributed by atoms with Gasteiger partial charge in [-0.1, -0.05) is 31.9 Å². The molecule has 15 aliphatic rings. The fourth-order valence-corrected chi connectivity index (χ4v) is 19.0. The van der Waals surface area contributed by atoms with E-state index in [-0.39, 0.29) is 5.60 Å². The number of piperidine rings is 1. The van der Waals surface area contributed by atoms with Crippen LogP contribution in [0.1, 0.15) is 110 Å². The molecule has 16 atom stereocenters. The second-order valence-electron chi connectivity index (χ2n) is 20.8. The Morgan fingerprint density at radius 2 is 1.89 bits per heavy atom. The third kappa shape index (κ3) is 2.28. The van der Waals surface area contributed by atoms with E-state index in [1.165, 1.54) is 109 Å². The Kier molecular flexibility index (Phi) is 3.97. The molecule has 0 radical (unpaired) electrons.